The Kier molecular flexibility index (Phi) is 5.87. The van der Waals surface area contributed by atoms with Crippen molar-refractivity contribution in [1.82, 2.24) is 14.7 Å². The van der Waals surface area contributed by atoms with E-state index in [0.29, 0.717) is 24.5 Å². The molecule has 124 valence electrons. The van der Waals surface area contributed by atoms with Crippen molar-refractivity contribution in [2.75, 3.05) is 13.2 Å². The number of amides is 1. The molecule has 0 saturated carbocycles. The molecule has 2 aromatic heterocycles. The van der Waals surface area contributed by atoms with E-state index < -0.39 is 5.91 Å². The van der Waals surface area contributed by atoms with Crippen LogP contribution in [0.2, 0.25) is 0 Å². The third-order valence-electron chi connectivity index (χ3n) is 3.75. The molecule has 23 heavy (non-hydrogen) atoms. The Bertz CT molecular complexity index is 724. The van der Waals surface area contributed by atoms with Crippen molar-refractivity contribution in [2.45, 2.75) is 26.7 Å². The summed E-state index contributed by atoms with van der Waals surface area (Å²) in [6.45, 7) is 4.74. The van der Waals surface area contributed by atoms with Gasteiger partial charge < -0.3 is 10.4 Å². The number of nitrogens with zero attached hydrogens (tertiary/aromatic N) is 2. The number of aliphatic hydroxyl groups excluding tert-OH is 1. The predicted molar refractivity (Wildman–Crippen MR) is 88.4 cm³/mol. The van der Waals surface area contributed by atoms with Crippen LogP contribution in [0, 0.1) is 11.8 Å². The molecule has 6 heteroatoms. The lowest BCUT2D eigenvalue weighted by Crippen LogP contribution is -2.35. The summed E-state index contributed by atoms with van der Waals surface area (Å²) >= 11 is 0. The third kappa shape index (κ3) is 4.39. The second-order valence-electron chi connectivity index (χ2n) is 6.12. The van der Waals surface area contributed by atoms with Crippen molar-refractivity contribution in [3.8, 4) is 0 Å². The van der Waals surface area contributed by atoms with Gasteiger partial charge in [-0.05, 0) is 36.8 Å². The highest BCUT2D eigenvalue weighted by Gasteiger charge is 2.16. The quantitative estimate of drug-likeness (QED) is 0.810. The Balaban J connectivity index is 2.11. The van der Waals surface area contributed by atoms with Crippen molar-refractivity contribution in [3.05, 3.63) is 46.5 Å². The van der Waals surface area contributed by atoms with E-state index in [2.05, 4.69) is 24.1 Å². The molecule has 0 fully saturated rings. The van der Waals surface area contributed by atoms with Crippen molar-refractivity contribution in [3.63, 3.8) is 0 Å². The van der Waals surface area contributed by atoms with Crippen LogP contribution in [0.25, 0.3) is 5.65 Å². The van der Waals surface area contributed by atoms with Gasteiger partial charge in [0, 0.05) is 25.5 Å². The standard InChI is InChI=1S/C17H23N3O3/c1-12(2)9-13(6-8-21)10-19-16(22)14-11-18-15-5-3-4-7-20(15)17(14)23/h3-5,7,11-13,21H,6,8-10H2,1-2H3,(H,19,22). The van der Waals surface area contributed by atoms with E-state index in [0.717, 1.165) is 6.42 Å². The minimum absolute atomic E-state index is 0.0287. The third-order valence-corrected chi connectivity index (χ3v) is 3.75. The van der Waals surface area contributed by atoms with Crippen LogP contribution in [0.4, 0.5) is 0 Å². The molecule has 0 saturated heterocycles. The molecule has 2 N–H and O–H groups in total. The topological polar surface area (TPSA) is 83.7 Å². The van der Waals surface area contributed by atoms with E-state index in [1.165, 1.54) is 10.6 Å². The van der Waals surface area contributed by atoms with Gasteiger partial charge in [0.05, 0.1) is 0 Å². The number of fused-ring (bicyclic) bond motifs is 1. The Morgan fingerprint density at radius 1 is 1.39 bits per heavy atom. The number of nitrogens with one attached hydrogen (secondary N) is 1. The molecule has 1 amide bonds. The number of rotatable bonds is 7. The summed E-state index contributed by atoms with van der Waals surface area (Å²) in [5, 5.41) is 11.9. The molecule has 2 rings (SSSR count). The number of carbonyl (C=O) groups is 1. The summed E-state index contributed by atoms with van der Waals surface area (Å²) in [4.78, 5) is 28.8. The van der Waals surface area contributed by atoms with Crippen LogP contribution in [0.3, 0.4) is 0 Å². The zero-order chi connectivity index (χ0) is 16.8. The molecule has 0 radical (unpaired) electrons. The van der Waals surface area contributed by atoms with Crippen molar-refractivity contribution in [1.29, 1.82) is 0 Å². The van der Waals surface area contributed by atoms with Crippen LogP contribution in [0.1, 0.15) is 37.0 Å². The minimum Gasteiger partial charge on any atom is -0.396 e. The highest BCUT2D eigenvalue weighted by atomic mass is 16.3. The van der Waals surface area contributed by atoms with Gasteiger partial charge in [-0.2, -0.15) is 0 Å². The zero-order valence-electron chi connectivity index (χ0n) is 13.5. The van der Waals surface area contributed by atoms with Gasteiger partial charge in [-0.15, -0.1) is 0 Å². The van der Waals surface area contributed by atoms with E-state index in [1.807, 2.05) is 0 Å². The van der Waals surface area contributed by atoms with Gasteiger partial charge in [0.2, 0.25) is 0 Å². The van der Waals surface area contributed by atoms with E-state index in [9.17, 15) is 9.59 Å². The Morgan fingerprint density at radius 3 is 2.87 bits per heavy atom. The maximum atomic E-state index is 12.3. The first kappa shape index (κ1) is 17.1. The summed E-state index contributed by atoms with van der Waals surface area (Å²) < 4.78 is 1.36. The number of aliphatic hydroxyl groups is 1. The van der Waals surface area contributed by atoms with Crippen LogP contribution < -0.4 is 10.9 Å². The second kappa shape index (κ2) is 7.87. The number of aromatic nitrogens is 2. The highest BCUT2D eigenvalue weighted by molar-refractivity contribution is 5.93. The van der Waals surface area contributed by atoms with Gasteiger partial charge in [-0.1, -0.05) is 19.9 Å². The van der Waals surface area contributed by atoms with E-state index in [1.54, 1.807) is 24.4 Å². The highest BCUT2D eigenvalue weighted by Crippen LogP contribution is 2.14. The summed E-state index contributed by atoms with van der Waals surface area (Å²) in [5.41, 5.74) is 0.156. The van der Waals surface area contributed by atoms with E-state index >= 15 is 0 Å². The molecule has 0 aliphatic carbocycles. The maximum absolute atomic E-state index is 12.3. The lowest BCUT2D eigenvalue weighted by Gasteiger charge is -2.18. The van der Waals surface area contributed by atoms with Gasteiger partial charge >= 0.3 is 0 Å². The smallest absolute Gasteiger partial charge is 0.270 e. The fourth-order valence-electron chi connectivity index (χ4n) is 2.67. The lowest BCUT2D eigenvalue weighted by molar-refractivity contribution is 0.0939. The minimum atomic E-state index is -0.424. The number of hydrogen-bond donors (Lipinski definition) is 2. The molecule has 0 aromatic carbocycles. The van der Waals surface area contributed by atoms with Gasteiger partial charge in [-0.25, -0.2) is 4.98 Å². The SMILES string of the molecule is CC(C)CC(CCO)CNC(=O)c1cnc2ccccn2c1=O. The van der Waals surface area contributed by atoms with Gasteiger partial charge in [-0.3, -0.25) is 14.0 Å². The number of carbonyl (C=O) groups excluding carboxylic acids is 1. The average molecular weight is 317 g/mol. The van der Waals surface area contributed by atoms with E-state index in [-0.39, 0.29) is 23.6 Å². The molecular weight excluding hydrogens is 294 g/mol. The van der Waals surface area contributed by atoms with Gasteiger partial charge in [0.1, 0.15) is 11.2 Å². The summed E-state index contributed by atoms with van der Waals surface area (Å²) in [7, 11) is 0. The van der Waals surface area contributed by atoms with E-state index in [4.69, 9.17) is 5.11 Å². The van der Waals surface area contributed by atoms with Crippen molar-refractivity contribution < 1.29 is 9.90 Å². The normalized spacial score (nSPS) is 12.5. The van der Waals surface area contributed by atoms with Crippen LogP contribution in [-0.4, -0.2) is 33.6 Å². The molecule has 2 aromatic rings. The molecular formula is C17H23N3O3. The summed E-state index contributed by atoms with van der Waals surface area (Å²) in [6.07, 6.45) is 4.45. The van der Waals surface area contributed by atoms with Crippen LogP contribution in [0.15, 0.2) is 35.4 Å². The summed E-state index contributed by atoms with van der Waals surface area (Å²) in [6, 6.07) is 5.22. The monoisotopic (exact) mass is 317 g/mol. The first-order valence-electron chi connectivity index (χ1n) is 7.88. The zero-order valence-corrected chi connectivity index (χ0v) is 13.5. The van der Waals surface area contributed by atoms with Gasteiger partial charge in [0.25, 0.3) is 11.5 Å². The lowest BCUT2D eigenvalue weighted by atomic mass is 9.94. The molecule has 1 atom stereocenters. The van der Waals surface area contributed by atoms with Crippen molar-refractivity contribution in [2.24, 2.45) is 11.8 Å². The summed E-state index contributed by atoms with van der Waals surface area (Å²) in [5.74, 6) is 0.254. The molecule has 6 nitrogen and oxygen atoms in total. The maximum Gasteiger partial charge on any atom is 0.270 e. The van der Waals surface area contributed by atoms with Crippen LogP contribution in [0.5, 0.6) is 0 Å². The molecule has 1 unspecified atom stereocenters. The number of pyridine rings is 1. The van der Waals surface area contributed by atoms with Crippen molar-refractivity contribution >= 4 is 11.6 Å². The first-order valence-corrected chi connectivity index (χ1v) is 7.88. The number of hydrogen-bond acceptors (Lipinski definition) is 4. The predicted octanol–water partition coefficient (Wildman–Crippen LogP) is 1.47. The molecule has 0 aliphatic heterocycles. The Morgan fingerprint density at radius 2 is 2.17 bits per heavy atom. The Labute approximate surface area is 135 Å². The largest absolute Gasteiger partial charge is 0.396 e. The molecule has 2 heterocycles. The molecule has 0 spiro atoms. The molecule has 0 aliphatic rings. The molecule has 0 bridgehead atoms. The van der Waals surface area contributed by atoms with Crippen LogP contribution in [-0.2, 0) is 0 Å². The van der Waals surface area contributed by atoms with Crippen LogP contribution >= 0.6 is 0 Å². The average Bonchev–Trinajstić information content (AvgIpc) is 2.52. The first-order chi connectivity index (χ1) is 11.0. The fraction of sp³-hybridized carbons (Fsp3) is 0.471. The Hall–Kier alpha value is -2.21. The second-order valence-corrected chi connectivity index (χ2v) is 6.12. The van der Waals surface area contributed by atoms with Gasteiger partial charge in [0.15, 0.2) is 0 Å². The fourth-order valence-corrected chi connectivity index (χ4v) is 2.67.